The number of imidazole rings is 1. The SMILES string of the molecule is CC(C)SN1CCC(C)(CCCn2cncc2-c2ccccc2)CC1. The Kier molecular flexibility index (Phi) is 6.24. The summed E-state index contributed by atoms with van der Waals surface area (Å²) < 4.78 is 4.87. The van der Waals surface area contributed by atoms with Crippen LogP contribution in [0.15, 0.2) is 42.9 Å². The standard InChI is InChI=1S/C21H31N3S/c1-18(2)25-24-14-11-21(3,12-15-24)10-7-13-23-17-22-16-20(23)19-8-5-4-6-9-19/h4-6,8-9,16-18H,7,10-15H2,1-3H3. The molecule has 1 aromatic carbocycles. The van der Waals surface area contributed by atoms with Gasteiger partial charge in [-0.2, -0.15) is 0 Å². The molecule has 1 aromatic heterocycles. The fraction of sp³-hybridized carbons (Fsp3) is 0.571. The monoisotopic (exact) mass is 357 g/mol. The first-order valence-electron chi connectivity index (χ1n) is 9.53. The summed E-state index contributed by atoms with van der Waals surface area (Å²) in [6.07, 6.45) is 9.14. The molecule has 0 radical (unpaired) electrons. The van der Waals surface area contributed by atoms with Gasteiger partial charge >= 0.3 is 0 Å². The van der Waals surface area contributed by atoms with Crippen LogP contribution in [0.3, 0.4) is 0 Å². The van der Waals surface area contributed by atoms with Crippen LogP contribution in [0.25, 0.3) is 11.3 Å². The Bertz CT molecular complexity index is 642. The highest BCUT2D eigenvalue weighted by Gasteiger charge is 2.30. The number of benzene rings is 1. The normalized spacial score (nSPS) is 17.9. The highest BCUT2D eigenvalue weighted by molar-refractivity contribution is 7.97. The van der Waals surface area contributed by atoms with Crippen molar-refractivity contribution in [3.8, 4) is 11.3 Å². The first-order valence-corrected chi connectivity index (χ1v) is 10.4. The van der Waals surface area contributed by atoms with Crippen molar-refractivity contribution in [2.75, 3.05) is 13.1 Å². The van der Waals surface area contributed by atoms with Crippen LogP contribution < -0.4 is 0 Å². The van der Waals surface area contributed by atoms with Gasteiger partial charge in [0.2, 0.25) is 0 Å². The van der Waals surface area contributed by atoms with E-state index in [9.17, 15) is 0 Å². The van der Waals surface area contributed by atoms with E-state index in [1.54, 1.807) is 0 Å². The van der Waals surface area contributed by atoms with Crippen LogP contribution in [-0.2, 0) is 6.54 Å². The number of hydrogen-bond donors (Lipinski definition) is 0. The highest BCUT2D eigenvalue weighted by Crippen LogP contribution is 2.38. The average Bonchev–Trinajstić information content (AvgIpc) is 3.06. The van der Waals surface area contributed by atoms with Crippen molar-refractivity contribution >= 4 is 11.9 Å². The van der Waals surface area contributed by atoms with Gasteiger partial charge in [-0.15, -0.1) is 0 Å². The zero-order valence-electron chi connectivity index (χ0n) is 15.8. The molecule has 2 aromatic rings. The van der Waals surface area contributed by atoms with E-state index in [1.807, 2.05) is 24.5 Å². The maximum absolute atomic E-state index is 4.37. The Morgan fingerprint density at radius 1 is 1.16 bits per heavy atom. The predicted molar refractivity (Wildman–Crippen MR) is 109 cm³/mol. The van der Waals surface area contributed by atoms with Crippen LogP contribution in [0.2, 0.25) is 0 Å². The molecule has 1 aliphatic rings. The smallest absolute Gasteiger partial charge is 0.0950 e. The molecule has 25 heavy (non-hydrogen) atoms. The lowest BCUT2D eigenvalue weighted by molar-refractivity contribution is 0.163. The van der Waals surface area contributed by atoms with Crippen LogP contribution in [0.4, 0.5) is 0 Å². The molecule has 4 heteroatoms. The lowest BCUT2D eigenvalue weighted by Crippen LogP contribution is -2.35. The molecule has 1 aliphatic heterocycles. The number of piperidine rings is 1. The second-order valence-corrected chi connectivity index (χ2v) is 9.51. The summed E-state index contributed by atoms with van der Waals surface area (Å²) in [7, 11) is 0. The maximum Gasteiger partial charge on any atom is 0.0950 e. The van der Waals surface area contributed by atoms with Gasteiger partial charge < -0.3 is 4.57 Å². The van der Waals surface area contributed by atoms with Gasteiger partial charge in [0.05, 0.1) is 18.2 Å². The zero-order chi connectivity index (χ0) is 17.7. The number of rotatable bonds is 7. The zero-order valence-corrected chi connectivity index (χ0v) is 16.6. The maximum atomic E-state index is 4.37. The number of aryl methyl sites for hydroxylation is 1. The van der Waals surface area contributed by atoms with Gasteiger partial charge in [0.15, 0.2) is 0 Å². The molecule has 3 rings (SSSR count). The molecule has 0 atom stereocenters. The fourth-order valence-corrected chi connectivity index (χ4v) is 4.69. The van der Waals surface area contributed by atoms with E-state index in [2.05, 4.69) is 65.0 Å². The minimum Gasteiger partial charge on any atom is -0.331 e. The van der Waals surface area contributed by atoms with E-state index < -0.39 is 0 Å². The van der Waals surface area contributed by atoms with Crippen molar-refractivity contribution in [2.45, 2.75) is 58.2 Å². The number of hydrogen-bond acceptors (Lipinski definition) is 3. The molecule has 0 bridgehead atoms. The largest absolute Gasteiger partial charge is 0.331 e. The third-order valence-corrected chi connectivity index (χ3v) is 6.34. The summed E-state index contributed by atoms with van der Waals surface area (Å²) in [6.45, 7) is 10.6. The van der Waals surface area contributed by atoms with Crippen molar-refractivity contribution < 1.29 is 0 Å². The van der Waals surface area contributed by atoms with Crippen LogP contribution in [0.1, 0.15) is 46.5 Å². The van der Waals surface area contributed by atoms with Crippen LogP contribution in [0, 0.1) is 5.41 Å². The lowest BCUT2D eigenvalue weighted by atomic mass is 9.77. The Hall–Kier alpha value is -1.26. The quantitative estimate of drug-likeness (QED) is 0.611. The second kappa shape index (κ2) is 8.41. The summed E-state index contributed by atoms with van der Waals surface area (Å²) in [4.78, 5) is 4.37. The molecule has 0 saturated carbocycles. The molecule has 136 valence electrons. The van der Waals surface area contributed by atoms with Crippen molar-refractivity contribution in [3.05, 3.63) is 42.9 Å². The Morgan fingerprint density at radius 3 is 2.56 bits per heavy atom. The minimum atomic E-state index is 0.502. The second-order valence-electron chi connectivity index (χ2n) is 7.84. The van der Waals surface area contributed by atoms with Gasteiger partial charge in [-0.05, 0) is 36.7 Å². The van der Waals surface area contributed by atoms with Crippen molar-refractivity contribution in [1.82, 2.24) is 13.9 Å². The van der Waals surface area contributed by atoms with E-state index in [0.29, 0.717) is 10.7 Å². The molecular weight excluding hydrogens is 326 g/mol. The molecular formula is C21H31N3S. The average molecular weight is 358 g/mol. The molecule has 1 fully saturated rings. The van der Waals surface area contributed by atoms with E-state index in [4.69, 9.17) is 0 Å². The first kappa shape index (κ1) is 18.5. The Morgan fingerprint density at radius 2 is 1.88 bits per heavy atom. The molecule has 3 nitrogen and oxygen atoms in total. The molecule has 2 heterocycles. The van der Waals surface area contributed by atoms with Crippen molar-refractivity contribution in [3.63, 3.8) is 0 Å². The van der Waals surface area contributed by atoms with Crippen LogP contribution in [0.5, 0.6) is 0 Å². The molecule has 1 saturated heterocycles. The van der Waals surface area contributed by atoms with Gasteiger partial charge in [0.1, 0.15) is 0 Å². The first-order chi connectivity index (χ1) is 12.1. The molecule has 0 aliphatic carbocycles. The van der Waals surface area contributed by atoms with Crippen molar-refractivity contribution in [2.24, 2.45) is 5.41 Å². The Labute approximate surface area is 157 Å². The third kappa shape index (κ3) is 5.11. The van der Waals surface area contributed by atoms with Gasteiger partial charge in [0.25, 0.3) is 0 Å². The summed E-state index contributed by atoms with van der Waals surface area (Å²) in [5, 5.41) is 0.696. The van der Waals surface area contributed by atoms with Crippen LogP contribution >= 0.6 is 11.9 Å². The molecule has 0 spiro atoms. The summed E-state index contributed by atoms with van der Waals surface area (Å²) in [5.74, 6) is 0. The van der Waals surface area contributed by atoms with Crippen LogP contribution in [-0.4, -0.2) is 32.2 Å². The fourth-order valence-electron chi connectivity index (χ4n) is 3.70. The van der Waals surface area contributed by atoms with E-state index in [0.717, 1.165) is 6.54 Å². The summed E-state index contributed by atoms with van der Waals surface area (Å²) in [5.41, 5.74) is 2.99. The minimum absolute atomic E-state index is 0.502. The Balaban J connectivity index is 1.50. The highest BCUT2D eigenvalue weighted by atomic mass is 32.2. The van der Waals surface area contributed by atoms with Gasteiger partial charge in [-0.25, -0.2) is 4.98 Å². The lowest BCUT2D eigenvalue weighted by Gasteiger charge is -2.39. The van der Waals surface area contributed by atoms with Gasteiger partial charge in [-0.1, -0.05) is 63.1 Å². The molecule has 0 unspecified atom stereocenters. The molecule has 0 N–H and O–H groups in total. The number of aromatic nitrogens is 2. The third-order valence-electron chi connectivity index (χ3n) is 5.25. The van der Waals surface area contributed by atoms with E-state index in [-0.39, 0.29) is 0 Å². The van der Waals surface area contributed by atoms with E-state index >= 15 is 0 Å². The van der Waals surface area contributed by atoms with Gasteiger partial charge in [-0.3, -0.25) is 4.31 Å². The van der Waals surface area contributed by atoms with E-state index in [1.165, 1.54) is 50.0 Å². The topological polar surface area (TPSA) is 21.1 Å². The summed E-state index contributed by atoms with van der Waals surface area (Å²) >= 11 is 2.02. The van der Waals surface area contributed by atoms with Gasteiger partial charge in [0, 0.05) is 24.9 Å². The molecule has 0 amide bonds. The summed E-state index contributed by atoms with van der Waals surface area (Å²) in [6, 6.07) is 10.6. The number of nitrogens with zero attached hydrogens (tertiary/aromatic N) is 3. The predicted octanol–water partition coefficient (Wildman–Crippen LogP) is 5.49. The van der Waals surface area contributed by atoms with Crippen molar-refractivity contribution in [1.29, 1.82) is 0 Å².